The van der Waals surface area contributed by atoms with Crippen molar-refractivity contribution in [1.29, 1.82) is 0 Å². The number of nitrogens with zero attached hydrogens (tertiary/aromatic N) is 1. The lowest BCUT2D eigenvalue weighted by atomic mass is 9.93. The molecule has 0 aromatic rings. The van der Waals surface area contributed by atoms with Gasteiger partial charge in [-0.25, -0.2) is 0 Å². The van der Waals surface area contributed by atoms with Gasteiger partial charge in [-0.3, -0.25) is 0 Å². The average Bonchev–Trinajstić information content (AvgIpc) is 2.31. The van der Waals surface area contributed by atoms with Crippen molar-refractivity contribution in [3.05, 3.63) is 0 Å². The number of hydrogen-bond donors (Lipinski definition) is 1. The van der Waals surface area contributed by atoms with Gasteiger partial charge >= 0.3 is 0 Å². The van der Waals surface area contributed by atoms with Crippen LogP contribution >= 0.6 is 0 Å². The summed E-state index contributed by atoms with van der Waals surface area (Å²) in [7, 11) is 4.25. The highest BCUT2D eigenvalue weighted by atomic mass is 16.5. The summed E-state index contributed by atoms with van der Waals surface area (Å²) in [4.78, 5) is 2.23. The Hall–Kier alpha value is -0.120. The van der Waals surface area contributed by atoms with Crippen LogP contribution in [0.4, 0.5) is 0 Å². The molecule has 0 aliphatic carbocycles. The molecule has 0 radical (unpaired) electrons. The zero-order chi connectivity index (χ0) is 13.3. The monoisotopic (exact) mass is 242 g/mol. The van der Waals surface area contributed by atoms with Gasteiger partial charge in [0, 0.05) is 12.1 Å². The lowest BCUT2D eigenvalue weighted by Crippen LogP contribution is -2.47. The van der Waals surface area contributed by atoms with Crippen LogP contribution in [0, 0.1) is 0 Å². The summed E-state index contributed by atoms with van der Waals surface area (Å²) in [5.74, 6) is 0. The second kappa shape index (κ2) is 5.25. The van der Waals surface area contributed by atoms with Gasteiger partial charge in [0.15, 0.2) is 0 Å². The van der Waals surface area contributed by atoms with Crippen LogP contribution in [0.15, 0.2) is 0 Å². The first-order valence-electron chi connectivity index (χ1n) is 6.73. The largest absolute Gasteiger partial charge is 0.368 e. The molecule has 1 fully saturated rings. The molecule has 1 saturated heterocycles. The molecular formula is C14H30N2O. The molecule has 1 rings (SSSR count). The summed E-state index contributed by atoms with van der Waals surface area (Å²) in [5, 5.41) is 3.73. The Kier molecular flexibility index (Phi) is 4.61. The van der Waals surface area contributed by atoms with E-state index in [1.54, 1.807) is 0 Å². The first kappa shape index (κ1) is 14.9. The summed E-state index contributed by atoms with van der Waals surface area (Å²) in [5.41, 5.74) is -0.0572. The lowest BCUT2D eigenvalue weighted by Gasteiger charge is -2.30. The van der Waals surface area contributed by atoms with Gasteiger partial charge in [0.2, 0.25) is 0 Å². The van der Waals surface area contributed by atoms with E-state index in [9.17, 15) is 0 Å². The predicted octanol–water partition coefficient (Wildman–Crippen LogP) is 2.26. The van der Waals surface area contributed by atoms with Gasteiger partial charge in [-0.2, -0.15) is 0 Å². The molecule has 0 aromatic heterocycles. The number of hydrogen-bond acceptors (Lipinski definition) is 3. The first-order chi connectivity index (χ1) is 7.62. The van der Waals surface area contributed by atoms with Crippen molar-refractivity contribution >= 4 is 0 Å². The van der Waals surface area contributed by atoms with Crippen LogP contribution in [0.25, 0.3) is 0 Å². The van der Waals surface area contributed by atoms with Crippen molar-refractivity contribution in [1.82, 2.24) is 10.2 Å². The van der Waals surface area contributed by atoms with Gasteiger partial charge in [0.25, 0.3) is 0 Å². The fraction of sp³-hybridized carbons (Fsp3) is 1.00. The van der Waals surface area contributed by atoms with E-state index in [4.69, 9.17) is 4.74 Å². The SMILES string of the molecule is CC(CCN(C)C)NC1CC(C)(C)OC1(C)C. The van der Waals surface area contributed by atoms with Crippen LogP contribution in [0.3, 0.4) is 0 Å². The van der Waals surface area contributed by atoms with Crippen LogP contribution in [0.5, 0.6) is 0 Å². The Labute approximate surface area is 107 Å². The molecule has 2 unspecified atom stereocenters. The van der Waals surface area contributed by atoms with Crippen LogP contribution in [0.2, 0.25) is 0 Å². The van der Waals surface area contributed by atoms with E-state index in [-0.39, 0.29) is 11.2 Å². The van der Waals surface area contributed by atoms with Gasteiger partial charge in [0.05, 0.1) is 11.2 Å². The standard InChI is InChI=1S/C14H30N2O/c1-11(8-9-16(6)7)15-12-10-13(2,3)17-14(12,4)5/h11-12,15H,8-10H2,1-7H3. The molecule has 1 heterocycles. The Morgan fingerprint density at radius 3 is 2.29 bits per heavy atom. The van der Waals surface area contributed by atoms with Gasteiger partial charge in [-0.05, 0) is 68.1 Å². The molecule has 2 atom stereocenters. The van der Waals surface area contributed by atoms with E-state index < -0.39 is 0 Å². The molecule has 0 spiro atoms. The Balaban J connectivity index is 2.46. The summed E-state index contributed by atoms with van der Waals surface area (Å²) in [6, 6.07) is 0.994. The highest BCUT2D eigenvalue weighted by molar-refractivity contribution is 4.99. The minimum Gasteiger partial charge on any atom is -0.368 e. The summed E-state index contributed by atoms with van der Waals surface area (Å²) >= 11 is 0. The Morgan fingerprint density at radius 2 is 1.88 bits per heavy atom. The average molecular weight is 242 g/mol. The van der Waals surface area contributed by atoms with Crippen LogP contribution in [0.1, 0.15) is 47.5 Å². The summed E-state index contributed by atoms with van der Waals surface area (Å²) in [6.45, 7) is 12.1. The Bertz CT molecular complexity index is 249. The molecule has 1 N–H and O–H groups in total. The molecule has 0 amide bonds. The van der Waals surface area contributed by atoms with E-state index in [2.05, 4.69) is 58.9 Å². The number of rotatable bonds is 5. The van der Waals surface area contributed by atoms with Gasteiger partial charge in [-0.15, -0.1) is 0 Å². The molecule has 0 bridgehead atoms. The topological polar surface area (TPSA) is 24.5 Å². The van der Waals surface area contributed by atoms with Crippen LogP contribution in [-0.4, -0.2) is 48.8 Å². The molecule has 3 nitrogen and oxygen atoms in total. The molecule has 102 valence electrons. The van der Waals surface area contributed by atoms with Gasteiger partial charge < -0.3 is 15.0 Å². The van der Waals surface area contributed by atoms with Crippen molar-refractivity contribution < 1.29 is 4.74 Å². The maximum absolute atomic E-state index is 6.10. The maximum Gasteiger partial charge on any atom is 0.0787 e. The first-order valence-corrected chi connectivity index (χ1v) is 6.73. The van der Waals surface area contributed by atoms with E-state index in [0.29, 0.717) is 12.1 Å². The third-order valence-electron chi connectivity index (χ3n) is 3.57. The van der Waals surface area contributed by atoms with Gasteiger partial charge in [-0.1, -0.05) is 0 Å². The fourth-order valence-corrected chi connectivity index (χ4v) is 2.70. The second-order valence-corrected chi connectivity index (χ2v) is 6.88. The summed E-state index contributed by atoms with van der Waals surface area (Å²) in [6.07, 6.45) is 2.27. The highest BCUT2D eigenvalue weighted by Crippen LogP contribution is 2.37. The third kappa shape index (κ3) is 4.57. The van der Waals surface area contributed by atoms with Crippen LogP contribution in [-0.2, 0) is 4.74 Å². The van der Waals surface area contributed by atoms with Crippen LogP contribution < -0.4 is 5.32 Å². The van der Waals surface area contributed by atoms with E-state index in [1.807, 2.05) is 0 Å². The molecule has 1 aliphatic heterocycles. The molecule has 17 heavy (non-hydrogen) atoms. The van der Waals surface area contributed by atoms with E-state index >= 15 is 0 Å². The fourth-order valence-electron chi connectivity index (χ4n) is 2.70. The van der Waals surface area contributed by atoms with Crippen molar-refractivity contribution in [3.8, 4) is 0 Å². The van der Waals surface area contributed by atoms with Gasteiger partial charge in [0.1, 0.15) is 0 Å². The normalized spacial score (nSPS) is 28.6. The quantitative estimate of drug-likeness (QED) is 0.800. The molecule has 0 saturated carbocycles. The highest BCUT2D eigenvalue weighted by Gasteiger charge is 2.45. The zero-order valence-corrected chi connectivity index (χ0v) is 12.6. The summed E-state index contributed by atoms with van der Waals surface area (Å²) < 4.78 is 6.10. The molecule has 1 aliphatic rings. The maximum atomic E-state index is 6.10. The van der Waals surface area contributed by atoms with Crippen molar-refractivity contribution in [2.24, 2.45) is 0 Å². The van der Waals surface area contributed by atoms with E-state index in [0.717, 1.165) is 13.0 Å². The minimum atomic E-state index is -0.0596. The third-order valence-corrected chi connectivity index (χ3v) is 3.57. The smallest absolute Gasteiger partial charge is 0.0787 e. The predicted molar refractivity (Wildman–Crippen MR) is 73.4 cm³/mol. The minimum absolute atomic E-state index is 0.00242. The second-order valence-electron chi connectivity index (χ2n) is 6.88. The lowest BCUT2D eigenvalue weighted by molar-refractivity contribution is -0.0704. The van der Waals surface area contributed by atoms with Crippen molar-refractivity contribution in [2.45, 2.75) is 70.7 Å². The molecule has 3 heteroatoms. The van der Waals surface area contributed by atoms with E-state index in [1.165, 1.54) is 6.42 Å². The Morgan fingerprint density at radius 1 is 1.29 bits per heavy atom. The number of ether oxygens (including phenoxy) is 1. The van der Waals surface area contributed by atoms with Crippen molar-refractivity contribution in [3.63, 3.8) is 0 Å². The van der Waals surface area contributed by atoms with Crippen molar-refractivity contribution in [2.75, 3.05) is 20.6 Å². The number of nitrogens with one attached hydrogen (secondary N) is 1. The molecule has 0 aromatic carbocycles. The molecular weight excluding hydrogens is 212 g/mol. The zero-order valence-electron chi connectivity index (χ0n) is 12.6.